The smallest absolute Gasteiger partial charge is 0.303 e. The molecule has 1 aliphatic rings. The zero-order valence-corrected chi connectivity index (χ0v) is 12.9. The molecule has 1 saturated heterocycles. The summed E-state index contributed by atoms with van der Waals surface area (Å²) >= 11 is 0. The van der Waals surface area contributed by atoms with Gasteiger partial charge in [-0.15, -0.1) is 0 Å². The summed E-state index contributed by atoms with van der Waals surface area (Å²) in [7, 11) is 0. The van der Waals surface area contributed by atoms with E-state index in [1.54, 1.807) is 0 Å². The van der Waals surface area contributed by atoms with Crippen LogP contribution in [0.5, 0.6) is 0 Å². The van der Waals surface area contributed by atoms with Gasteiger partial charge in [-0.05, 0) is 13.0 Å². The van der Waals surface area contributed by atoms with Gasteiger partial charge in [0, 0.05) is 26.4 Å². The highest BCUT2D eigenvalue weighted by molar-refractivity contribution is 5.67. The minimum atomic E-state index is -0.659. The summed E-state index contributed by atoms with van der Waals surface area (Å²) in [6.45, 7) is 6.28. The maximum atomic E-state index is 11.3. The van der Waals surface area contributed by atoms with Gasteiger partial charge in [0.15, 0.2) is 6.10 Å². The van der Waals surface area contributed by atoms with Gasteiger partial charge in [-0.25, -0.2) is 0 Å². The Morgan fingerprint density at radius 3 is 2.38 bits per heavy atom. The first-order valence-corrected chi connectivity index (χ1v) is 7.19. The number of carbonyl (C=O) groups excluding carboxylic acids is 2. The molecule has 2 N–H and O–H groups in total. The molecule has 1 heterocycles. The molecule has 1 fully saturated rings. The van der Waals surface area contributed by atoms with Crippen molar-refractivity contribution in [3.63, 3.8) is 0 Å². The van der Waals surface area contributed by atoms with Crippen molar-refractivity contribution in [3.05, 3.63) is 0 Å². The van der Waals surface area contributed by atoms with Crippen LogP contribution < -0.4 is 5.73 Å². The molecule has 0 spiro atoms. The zero-order valence-electron chi connectivity index (χ0n) is 12.9. The molecule has 0 bridgehead atoms. The van der Waals surface area contributed by atoms with Gasteiger partial charge < -0.3 is 24.7 Å². The Morgan fingerprint density at radius 2 is 1.81 bits per heavy atom. The summed E-state index contributed by atoms with van der Waals surface area (Å²) in [5.41, 5.74) is 5.40. The SMILES string of the molecule is CC(=O)O[C@@H]1C(C)COC(COCCCN)[C@@H]1OC(C)=O. The second-order valence-electron chi connectivity index (χ2n) is 5.21. The maximum absolute atomic E-state index is 11.3. The van der Waals surface area contributed by atoms with Crippen LogP contribution in [0, 0.1) is 5.92 Å². The Labute approximate surface area is 125 Å². The summed E-state index contributed by atoms with van der Waals surface area (Å²) in [5, 5.41) is 0. The highest BCUT2D eigenvalue weighted by Gasteiger charge is 2.43. The van der Waals surface area contributed by atoms with Gasteiger partial charge in [0.25, 0.3) is 0 Å². The quantitative estimate of drug-likeness (QED) is 0.532. The van der Waals surface area contributed by atoms with Crippen LogP contribution in [0.4, 0.5) is 0 Å². The minimum Gasteiger partial charge on any atom is -0.458 e. The average Bonchev–Trinajstić information content (AvgIpc) is 2.40. The van der Waals surface area contributed by atoms with E-state index in [0.29, 0.717) is 19.8 Å². The molecule has 0 amide bonds. The Morgan fingerprint density at radius 1 is 1.19 bits per heavy atom. The fourth-order valence-corrected chi connectivity index (χ4v) is 2.24. The van der Waals surface area contributed by atoms with Crippen molar-refractivity contribution >= 4 is 11.9 Å². The van der Waals surface area contributed by atoms with Crippen LogP contribution in [0.2, 0.25) is 0 Å². The van der Waals surface area contributed by atoms with Crippen LogP contribution in [0.3, 0.4) is 0 Å². The molecule has 21 heavy (non-hydrogen) atoms. The van der Waals surface area contributed by atoms with E-state index in [4.69, 9.17) is 24.7 Å². The summed E-state index contributed by atoms with van der Waals surface area (Å²) in [6.07, 6.45) is -0.891. The number of hydrogen-bond donors (Lipinski definition) is 1. The lowest BCUT2D eigenvalue weighted by Gasteiger charge is -2.40. The molecule has 7 nitrogen and oxygen atoms in total. The van der Waals surface area contributed by atoms with E-state index >= 15 is 0 Å². The third-order valence-corrected chi connectivity index (χ3v) is 3.20. The minimum absolute atomic E-state index is 0.0569. The molecule has 1 rings (SSSR count). The molecule has 1 aliphatic heterocycles. The Hall–Kier alpha value is -1.18. The fourth-order valence-electron chi connectivity index (χ4n) is 2.24. The lowest BCUT2D eigenvalue weighted by molar-refractivity contribution is -0.212. The number of nitrogens with two attached hydrogens (primary N) is 1. The number of ether oxygens (including phenoxy) is 4. The van der Waals surface area contributed by atoms with E-state index in [0.717, 1.165) is 6.42 Å². The molecule has 7 heteroatoms. The Bertz CT molecular complexity index is 348. The molecule has 4 atom stereocenters. The number of rotatable bonds is 7. The van der Waals surface area contributed by atoms with Crippen LogP contribution in [0.15, 0.2) is 0 Å². The van der Waals surface area contributed by atoms with Gasteiger partial charge in [0.05, 0.1) is 13.2 Å². The number of hydrogen-bond acceptors (Lipinski definition) is 7. The summed E-state index contributed by atoms with van der Waals surface area (Å²) in [6, 6.07) is 0. The molecule has 0 radical (unpaired) electrons. The van der Waals surface area contributed by atoms with E-state index in [1.165, 1.54) is 13.8 Å². The van der Waals surface area contributed by atoms with Crippen molar-refractivity contribution in [1.29, 1.82) is 0 Å². The largest absolute Gasteiger partial charge is 0.458 e. The van der Waals surface area contributed by atoms with Gasteiger partial charge in [-0.1, -0.05) is 6.92 Å². The van der Waals surface area contributed by atoms with E-state index in [1.807, 2.05) is 6.92 Å². The van der Waals surface area contributed by atoms with Crippen LogP contribution in [0.25, 0.3) is 0 Å². The summed E-state index contributed by atoms with van der Waals surface area (Å²) in [5.74, 6) is -0.908. The van der Waals surface area contributed by atoms with E-state index in [-0.39, 0.29) is 12.5 Å². The van der Waals surface area contributed by atoms with Crippen molar-refractivity contribution in [2.45, 2.75) is 45.5 Å². The first kappa shape index (κ1) is 17.9. The Balaban J connectivity index is 2.69. The highest BCUT2D eigenvalue weighted by atomic mass is 16.6. The monoisotopic (exact) mass is 303 g/mol. The lowest BCUT2D eigenvalue weighted by Crippen LogP contribution is -2.54. The molecule has 0 aliphatic carbocycles. The lowest BCUT2D eigenvalue weighted by atomic mass is 9.93. The normalized spacial score (nSPS) is 29.0. The van der Waals surface area contributed by atoms with Crippen molar-refractivity contribution in [2.75, 3.05) is 26.4 Å². The number of carbonyl (C=O) groups is 2. The molecular weight excluding hydrogens is 278 g/mol. The second kappa shape index (κ2) is 8.96. The average molecular weight is 303 g/mol. The van der Waals surface area contributed by atoms with Crippen LogP contribution in [0.1, 0.15) is 27.2 Å². The predicted octanol–water partition coefficient (Wildman–Crippen LogP) is 0.250. The first-order chi connectivity index (χ1) is 9.95. The van der Waals surface area contributed by atoms with E-state index in [9.17, 15) is 9.59 Å². The standard InChI is InChI=1S/C14H25NO6/c1-9-7-19-12(8-18-6-4-5-15)14(21-11(3)17)13(9)20-10(2)16/h9,12-14H,4-8,15H2,1-3H3/t9?,12?,13-,14+/m1/s1. The van der Waals surface area contributed by atoms with Gasteiger partial charge >= 0.3 is 11.9 Å². The summed E-state index contributed by atoms with van der Waals surface area (Å²) in [4.78, 5) is 22.5. The van der Waals surface area contributed by atoms with Gasteiger partial charge in [0.1, 0.15) is 12.2 Å². The van der Waals surface area contributed by atoms with Crippen LogP contribution >= 0.6 is 0 Å². The maximum Gasteiger partial charge on any atom is 0.303 e. The van der Waals surface area contributed by atoms with E-state index < -0.39 is 30.3 Å². The number of esters is 2. The third-order valence-electron chi connectivity index (χ3n) is 3.20. The topological polar surface area (TPSA) is 97.1 Å². The van der Waals surface area contributed by atoms with Crippen molar-refractivity contribution in [1.82, 2.24) is 0 Å². The van der Waals surface area contributed by atoms with Gasteiger partial charge in [-0.3, -0.25) is 9.59 Å². The molecular formula is C14H25NO6. The third kappa shape index (κ3) is 5.99. The van der Waals surface area contributed by atoms with Crippen LogP contribution in [-0.4, -0.2) is 56.6 Å². The molecule has 0 aromatic carbocycles. The highest BCUT2D eigenvalue weighted by Crippen LogP contribution is 2.26. The van der Waals surface area contributed by atoms with E-state index in [2.05, 4.69) is 0 Å². The van der Waals surface area contributed by atoms with Gasteiger partial charge in [0.2, 0.25) is 0 Å². The van der Waals surface area contributed by atoms with Crippen molar-refractivity contribution in [3.8, 4) is 0 Å². The van der Waals surface area contributed by atoms with Crippen LogP contribution in [-0.2, 0) is 28.5 Å². The Kier molecular flexibility index (Phi) is 7.63. The molecule has 122 valence electrons. The molecule has 0 aromatic rings. The van der Waals surface area contributed by atoms with Crippen molar-refractivity contribution < 1.29 is 28.5 Å². The summed E-state index contributed by atoms with van der Waals surface area (Å²) < 4.78 is 21.7. The zero-order chi connectivity index (χ0) is 15.8. The van der Waals surface area contributed by atoms with Crippen molar-refractivity contribution in [2.24, 2.45) is 11.7 Å². The molecule has 2 unspecified atom stereocenters. The van der Waals surface area contributed by atoms with Gasteiger partial charge in [-0.2, -0.15) is 0 Å². The fraction of sp³-hybridized carbons (Fsp3) is 0.857. The molecule has 0 aromatic heterocycles. The first-order valence-electron chi connectivity index (χ1n) is 7.19. The predicted molar refractivity (Wildman–Crippen MR) is 74.5 cm³/mol. The second-order valence-corrected chi connectivity index (χ2v) is 5.21. The molecule has 0 saturated carbocycles.